The molecule has 2 heterocycles. The Bertz CT molecular complexity index is 1070. The van der Waals surface area contributed by atoms with Crippen LogP contribution in [0.15, 0.2) is 42.5 Å². The van der Waals surface area contributed by atoms with E-state index in [9.17, 15) is 23.2 Å². The summed E-state index contributed by atoms with van der Waals surface area (Å²) >= 11 is 0. The van der Waals surface area contributed by atoms with Crippen molar-refractivity contribution in [3.63, 3.8) is 0 Å². The van der Waals surface area contributed by atoms with E-state index >= 15 is 0 Å². The molecular formula is C27H34F2N4O4. The quantitative estimate of drug-likeness (QED) is 0.482. The Labute approximate surface area is 215 Å². The van der Waals surface area contributed by atoms with Gasteiger partial charge in [0.15, 0.2) is 0 Å². The van der Waals surface area contributed by atoms with E-state index < -0.39 is 23.8 Å². The Kier molecular flexibility index (Phi) is 10.4. The van der Waals surface area contributed by atoms with Crippen molar-refractivity contribution < 1.29 is 27.9 Å². The molecule has 2 fully saturated rings. The second-order valence-electron chi connectivity index (χ2n) is 9.26. The number of hydrogen-bond acceptors (Lipinski definition) is 5. The van der Waals surface area contributed by atoms with Gasteiger partial charge in [0.05, 0.1) is 6.04 Å². The average molecular weight is 517 g/mol. The highest BCUT2D eigenvalue weighted by molar-refractivity contribution is 5.88. The number of piperidine rings is 1. The van der Waals surface area contributed by atoms with Crippen molar-refractivity contribution >= 4 is 23.6 Å². The predicted octanol–water partition coefficient (Wildman–Crippen LogP) is 4.10. The third-order valence-corrected chi connectivity index (χ3v) is 6.25. The van der Waals surface area contributed by atoms with Gasteiger partial charge < -0.3 is 25.6 Å². The lowest BCUT2D eigenvalue weighted by Gasteiger charge is -2.32. The summed E-state index contributed by atoms with van der Waals surface area (Å²) in [4.78, 5) is 35.1. The predicted molar refractivity (Wildman–Crippen MR) is 136 cm³/mol. The number of halogens is 2. The molecule has 3 amide bonds. The maximum atomic E-state index is 12.8. The fourth-order valence-corrected chi connectivity index (χ4v) is 4.47. The number of nitrogens with zero attached hydrogens (tertiary/aromatic N) is 1. The van der Waals surface area contributed by atoms with Gasteiger partial charge in [0.25, 0.3) is 0 Å². The van der Waals surface area contributed by atoms with Crippen LogP contribution in [0.4, 0.5) is 19.3 Å². The minimum Gasteiger partial charge on any atom is -0.447 e. The first-order chi connectivity index (χ1) is 17.7. The smallest absolute Gasteiger partial charge is 0.407 e. The molecule has 8 nitrogen and oxygen atoms in total. The molecule has 37 heavy (non-hydrogen) atoms. The Morgan fingerprint density at radius 3 is 2.32 bits per heavy atom. The maximum absolute atomic E-state index is 12.8. The lowest BCUT2D eigenvalue weighted by atomic mass is 9.89. The van der Waals surface area contributed by atoms with Gasteiger partial charge in [-0.3, -0.25) is 9.59 Å². The van der Waals surface area contributed by atoms with Gasteiger partial charge in [-0.25, -0.2) is 13.6 Å². The number of carbonyl (C=O) groups is 3. The monoisotopic (exact) mass is 516 g/mol. The van der Waals surface area contributed by atoms with E-state index in [-0.39, 0.29) is 18.4 Å². The zero-order valence-electron chi connectivity index (χ0n) is 21.2. The van der Waals surface area contributed by atoms with Crippen LogP contribution in [0.1, 0.15) is 56.2 Å². The summed E-state index contributed by atoms with van der Waals surface area (Å²) in [5.41, 5.74) is 2.57. The molecule has 0 aromatic heterocycles. The van der Waals surface area contributed by atoms with E-state index in [1.54, 1.807) is 6.92 Å². The third-order valence-electron chi connectivity index (χ3n) is 6.25. The van der Waals surface area contributed by atoms with Crippen LogP contribution in [-0.4, -0.2) is 55.6 Å². The Morgan fingerprint density at radius 2 is 1.73 bits per heavy atom. The average Bonchev–Trinajstić information content (AvgIpc) is 3.28. The molecule has 0 unspecified atom stereocenters. The highest BCUT2D eigenvalue weighted by Gasteiger charge is 2.24. The van der Waals surface area contributed by atoms with E-state index in [1.807, 2.05) is 12.1 Å². The first-order valence-corrected chi connectivity index (χ1v) is 12.4. The molecule has 0 aliphatic carbocycles. The summed E-state index contributed by atoms with van der Waals surface area (Å²) < 4.78 is 30.2. The van der Waals surface area contributed by atoms with Crippen molar-refractivity contribution in [1.29, 1.82) is 0 Å². The molecule has 2 aliphatic rings. The number of alkyl carbamates (subject to hydrolysis) is 1. The van der Waals surface area contributed by atoms with Crippen molar-refractivity contribution in [2.75, 3.05) is 38.1 Å². The van der Waals surface area contributed by atoms with Crippen LogP contribution >= 0.6 is 0 Å². The van der Waals surface area contributed by atoms with Crippen LogP contribution in [-0.2, 0) is 14.3 Å². The number of ether oxygens (including phenoxy) is 1. The second kappa shape index (κ2) is 13.7. The Morgan fingerprint density at radius 1 is 1.03 bits per heavy atom. The highest BCUT2D eigenvalue weighted by atomic mass is 19.1. The molecular weight excluding hydrogens is 482 g/mol. The molecule has 10 heteroatoms. The molecule has 0 saturated carbocycles. The molecule has 2 aliphatic heterocycles. The number of rotatable bonds is 7. The molecule has 2 aromatic carbocycles. The SMILES string of the molecule is CC(=O)NCCCN1CCC(c2cccc(NC(C)=O)c2)CC1.O=C1N[C@@H](c2cc(F)cc(F)c2)CO1. The normalized spacial score (nSPS) is 17.7. The largest absolute Gasteiger partial charge is 0.447 e. The van der Waals surface area contributed by atoms with Crippen LogP contribution in [0.25, 0.3) is 0 Å². The zero-order chi connectivity index (χ0) is 26.8. The fraction of sp³-hybridized carbons (Fsp3) is 0.444. The summed E-state index contributed by atoms with van der Waals surface area (Å²) in [7, 11) is 0. The van der Waals surface area contributed by atoms with Crippen LogP contribution < -0.4 is 16.0 Å². The lowest BCUT2D eigenvalue weighted by molar-refractivity contribution is -0.119. The first-order valence-electron chi connectivity index (χ1n) is 12.4. The van der Waals surface area contributed by atoms with Gasteiger partial charge >= 0.3 is 6.09 Å². The number of nitrogens with one attached hydrogen (secondary N) is 3. The molecule has 4 rings (SSSR count). The summed E-state index contributed by atoms with van der Waals surface area (Å²) in [6.07, 6.45) is 2.72. The van der Waals surface area contributed by atoms with Crippen molar-refractivity contribution in [3.05, 3.63) is 65.2 Å². The van der Waals surface area contributed by atoms with Crippen molar-refractivity contribution in [1.82, 2.24) is 15.5 Å². The van der Waals surface area contributed by atoms with Crippen LogP contribution in [0.2, 0.25) is 0 Å². The molecule has 1 atom stereocenters. The number of amides is 3. The van der Waals surface area contributed by atoms with Crippen LogP contribution in [0.3, 0.4) is 0 Å². The number of anilines is 1. The minimum atomic E-state index is -0.666. The van der Waals surface area contributed by atoms with Gasteiger partial charge in [-0.2, -0.15) is 0 Å². The van der Waals surface area contributed by atoms with E-state index in [4.69, 9.17) is 0 Å². The van der Waals surface area contributed by atoms with Crippen molar-refractivity contribution in [2.24, 2.45) is 0 Å². The third kappa shape index (κ3) is 9.45. The molecule has 0 bridgehead atoms. The van der Waals surface area contributed by atoms with Gasteiger partial charge in [0.2, 0.25) is 11.8 Å². The molecule has 2 saturated heterocycles. The van der Waals surface area contributed by atoms with Gasteiger partial charge in [-0.15, -0.1) is 0 Å². The summed E-state index contributed by atoms with van der Waals surface area (Å²) in [6.45, 7) is 7.17. The molecule has 2 aromatic rings. The molecule has 200 valence electrons. The van der Waals surface area contributed by atoms with E-state index in [0.29, 0.717) is 11.5 Å². The number of carbonyl (C=O) groups excluding carboxylic acids is 3. The number of hydrogen-bond donors (Lipinski definition) is 3. The first kappa shape index (κ1) is 28.0. The molecule has 3 N–H and O–H groups in total. The van der Waals surface area contributed by atoms with E-state index in [0.717, 1.165) is 57.2 Å². The number of cyclic esters (lactones) is 1. The molecule has 0 spiro atoms. The number of likely N-dealkylation sites (tertiary alicyclic amines) is 1. The van der Waals surface area contributed by atoms with Crippen LogP contribution in [0.5, 0.6) is 0 Å². The Hall–Kier alpha value is -3.53. The van der Waals surface area contributed by atoms with Gasteiger partial charge in [-0.05, 0) is 80.2 Å². The zero-order valence-corrected chi connectivity index (χ0v) is 21.2. The van der Waals surface area contributed by atoms with Crippen molar-refractivity contribution in [3.8, 4) is 0 Å². The van der Waals surface area contributed by atoms with Gasteiger partial charge in [-0.1, -0.05) is 12.1 Å². The minimum absolute atomic E-state index is 0.0314. The standard InChI is InChI=1S/C18H27N3O2.C9H7F2NO2/c1-14(22)19-9-4-10-21-11-7-16(8-12-21)17-5-3-6-18(13-17)20-15(2)23;10-6-1-5(2-7(11)3-6)8-4-14-9(13)12-8/h3,5-6,13,16H,4,7-12H2,1-2H3,(H,19,22)(H,20,23);1-3,8H,4H2,(H,12,13)/t;8-/m.1/s1. The molecule has 0 radical (unpaired) electrons. The van der Waals surface area contributed by atoms with Gasteiger partial charge in [0.1, 0.15) is 18.2 Å². The summed E-state index contributed by atoms with van der Waals surface area (Å²) in [5, 5.41) is 8.12. The number of benzene rings is 2. The Balaban J connectivity index is 0.000000231. The topological polar surface area (TPSA) is 99.8 Å². The summed E-state index contributed by atoms with van der Waals surface area (Å²) in [6, 6.07) is 10.9. The van der Waals surface area contributed by atoms with E-state index in [2.05, 4.69) is 37.7 Å². The fourth-order valence-electron chi connectivity index (χ4n) is 4.47. The summed E-state index contributed by atoms with van der Waals surface area (Å²) in [5.74, 6) is -0.753. The highest BCUT2D eigenvalue weighted by Crippen LogP contribution is 2.29. The van der Waals surface area contributed by atoms with Gasteiger partial charge in [0, 0.05) is 32.1 Å². The maximum Gasteiger partial charge on any atom is 0.407 e. The van der Waals surface area contributed by atoms with Crippen molar-refractivity contribution in [2.45, 2.75) is 45.1 Å². The van der Waals surface area contributed by atoms with Crippen LogP contribution in [0, 0.1) is 11.6 Å². The lowest BCUT2D eigenvalue weighted by Crippen LogP contribution is -2.35. The second-order valence-corrected chi connectivity index (χ2v) is 9.26. The van der Waals surface area contributed by atoms with E-state index in [1.165, 1.54) is 24.6 Å².